The van der Waals surface area contributed by atoms with Crippen LogP contribution in [0.2, 0.25) is 5.02 Å². The van der Waals surface area contributed by atoms with Crippen molar-refractivity contribution < 1.29 is 19.1 Å². The molecule has 2 N–H and O–H groups in total. The third-order valence-electron chi connectivity index (χ3n) is 4.10. The molecule has 1 aromatic rings. The zero-order valence-corrected chi connectivity index (χ0v) is 15.3. The van der Waals surface area contributed by atoms with E-state index in [9.17, 15) is 9.59 Å². The number of piperidine rings is 1. The number of amides is 1. The molecule has 0 aromatic heterocycles. The first kappa shape index (κ1) is 20.7. The molecule has 1 amide bonds. The van der Waals surface area contributed by atoms with Crippen LogP contribution in [0.3, 0.4) is 0 Å². The van der Waals surface area contributed by atoms with E-state index in [1.165, 1.54) is 13.2 Å². The van der Waals surface area contributed by atoms with Gasteiger partial charge < -0.3 is 20.1 Å². The highest BCUT2D eigenvalue weighted by Crippen LogP contribution is 2.31. The van der Waals surface area contributed by atoms with Gasteiger partial charge in [0.05, 0.1) is 29.7 Å². The smallest absolute Gasteiger partial charge is 0.339 e. The van der Waals surface area contributed by atoms with Crippen molar-refractivity contribution in [2.75, 3.05) is 39.2 Å². The second-order valence-electron chi connectivity index (χ2n) is 5.60. The van der Waals surface area contributed by atoms with E-state index in [0.29, 0.717) is 25.1 Å². The first-order valence-electron chi connectivity index (χ1n) is 7.41. The van der Waals surface area contributed by atoms with Gasteiger partial charge in [0.25, 0.3) is 0 Å². The zero-order chi connectivity index (χ0) is 16.9. The number of esters is 1. The van der Waals surface area contributed by atoms with Gasteiger partial charge in [-0.15, -0.1) is 12.4 Å². The van der Waals surface area contributed by atoms with E-state index >= 15 is 0 Å². The molecule has 0 atom stereocenters. The van der Waals surface area contributed by atoms with Gasteiger partial charge >= 0.3 is 5.97 Å². The van der Waals surface area contributed by atoms with Crippen LogP contribution in [-0.4, -0.2) is 45.8 Å². The van der Waals surface area contributed by atoms with E-state index in [0.717, 1.165) is 13.1 Å². The number of benzene rings is 1. The van der Waals surface area contributed by atoms with Crippen LogP contribution in [0.1, 0.15) is 23.2 Å². The topological polar surface area (TPSA) is 76.7 Å². The second-order valence-corrected chi connectivity index (χ2v) is 6.01. The fraction of sp³-hybridized carbons (Fsp3) is 0.500. The number of carbonyl (C=O) groups is 2. The maximum Gasteiger partial charge on any atom is 0.339 e. The first-order valence-corrected chi connectivity index (χ1v) is 7.79. The quantitative estimate of drug-likeness (QED) is 0.772. The highest BCUT2D eigenvalue weighted by atomic mass is 35.5. The van der Waals surface area contributed by atoms with Crippen LogP contribution in [0, 0.1) is 5.41 Å². The van der Waals surface area contributed by atoms with Crippen molar-refractivity contribution in [2.24, 2.45) is 5.41 Å². The van der Waals surface area contributed by atoms with E-state index in [1.807, 2.05) is 0 Å². The number of methoxy groups -OCH3 is 2. The van der Waals surface area contributed by atoms with Crippen molar-refractivity contribution in [3.63, 3.8) is 0 Å². The molecule has 0 spiro atoms. The van der Waals surface area contributed by atoms with Gasteiger partial charge in [0.2, 0.25) is 5.91 Å². The number of hydrogen-bond acceptors (Lipinski definition) is 5. The van der Waals surface area contributed by atoms with Crippen molar-refractivity contribution in [1.82, 2.24) is 5.32 Å². The summed E-state index contributed by atoms with van der Waals surface area (Å²) < 4.78 is 9.90. The Balaban J connectivity index is 0.00000288. The molecule has 1 saturated heterocycles. The Bertz CT molecular complexity index is 584. The van der Waals surface area contributed by atoms with Crippen LogP contribution in [0.15, 0.2) is 18.2 Å². The van der Waals surface area contributed by atoms with Crippen LogP contribution in [-0.2, 0) is 14.3 Å². The summed E-state index contributed by atoms with van der Waals surface area (Å²) in [7, 11) is 2.89. The van der Waals surface area contributed by atoms with E-state index < -0.39 is 11.4 Å². The summed E-state index contributed by atoms with van der Waals surface area (Å²) in [5.41, 5.74) is 0.260. The molecule has 0 bridgehead atoms. The Morgan fingerprint density at radius 1 is 1.29 bits per heavy atom. The van der Waals surface area contributed by atoms with Crippen molar-refractivity contribution in [3.05, 3.63) is 28.8 Å². The second kappa shape index (κ2) is 9.22. The van der Waals surface area contributed by atoms with Crippen LogP contribution in [0.4, 0.5) is 5.69 Å². The highest BCUT2D eigenvalue weighted by molar-refractivity contribution is 6.34. The minimum Gasteiger partial charge on any atom is -0.465 e. The molecular formula is C16H22Cl2N2O4. The lowest BCUT2D eigenvalue weighted by molar-refractivity contribution is -0.130. The van der Waals surface area contributed by atoms with Crippen molar-refractivity contribution in [3.8, 4) is 0 Å². The molecule has 6 nitrogen and oxygen atoms in total. The monoisotopic (exact) mass is 376 g/mol. The molecule has 8 heteroatoms. The number of anilines is 1. The van der Waals surface area contributed by atoms with Crippen molar-refractivity contribution in [1.29, 1.82) is 0 Å². The van der Waals surface area contributed by atoms with E-state index in [-0.39, 0.29) is 28.9 Å². The van der Waals surface area contributed by atoms with Gasteiger partial charge in [-0.3, -0.25) is 4.79 Å². The standard InChI is InChI=1S/C16H21ClN2O4.ClH/c1-22-10-16(5-7-18-8-6-16)15(21)19-11-3-4-12(13(17)9-11)14(20)23-2;/h3-4,9,18H,5-8,10H2,1-2H3,(H,19,21);1H. The molecule has 0 unspecified atom stereocenters. The van der Waals surface area contributed by atoms with Gasteiger partial charge in [-0.05, 0) is 44.1 Å². The molecule has 1 heterocycles. The lowest BCUT2D eigenvalue weighted by Gasteiger charge is -2.35. The Morgan fingerprint density at radius 3 is 2.50 bits per heavy atom. The Labute approximate surface area is 152 Å². The molecule has 0 aliphatic carbocycles. The fourth-order valence-corrected chi connectivity index (χ4v) is 3.01. The van der Waals surface area contributed by atoms with Crippen LogP contribution in [0.25, 0.3) is 0 Å². The van der Waals surface area contributed by atoms with E-state index in [2.05, 4.69) is 15.4 Å². The summed E-state index contributed by atoms with van der Waals surface area (Å²) in [4.78, 5) is 24.2. The summed E-state index contributed by atoms with van der Waals surface area (Å²) in [5.74, 6) is -0.607. The number of hydrogen-bond donors (Lipinski definition) is 2. The predicted molar refractivity (Wildman–Crippen MR) is 95.1 cm³/mol. The van der Waals surface area contributed by atoms with Gasteiger partial charge in [-0.25, -0.2) is 4.79 Å². The van der Waals surface area contributed by atoms with Crippen molar-refractivity contribution in [2.45, 2.75) is 12.8 Å². The van der Waals surface area contributed by atoms with Crippen molar-refractivity contribution >= 4 is 41.6 Å². The number of carbonyl (C=O) groups excluding carboxylic acids is 2. The van der Waals surface area contributed by atoms with E-state index in [1.54, 1.807) is 19.2 Å². The average Bonchev–Trinajstić information content (AvgIpc) is 2.55. The Kier molecular flexibility index (Phi) is 7.96. The van der Waals surface area contributed by atoms with Gasteiger partial charge in [-0.1, -0.05) is 11.6 Å². The molecule has 0 saturated carbocycles. The average molecular weight is 377 g/mol. The number of rotatable bonds is 5. The lowest BCUT2D eigenvalue weighted by atomic mass is 9.78. The predicted octanol–water partition coefficient (Wildman–Crippen LogP) is 2.50. The molecule has 2 rings (SSSR count). The molecule has 134 valence electrons. The molecule has 1 aromatic carbocycles. The fourth-order valence-electron chi connectivity index (χ4n) is 2.75. The normalized spacial score (nSPS) is 16.0. The van der Waals surface area contributed by atoms with Crippen LogP contribution in [0.5, 0.6) is 0 Å². The highest BCUT2D eigenvalue weighted by Gasteiger charge is 2.39. The summed E-state index contributed by atoms with van der Waals surface area (Å²) in [6.07, 6.45) is 1.42. The molecule has 1 aliphatic heterocycles. The van der Waals surface area contributed by atoms with Gasteiger partial charge in [0.1, 0.15) is 0 Å². The molecule has 1 fully saturated rings. The van der Waals surface area contributed by atoms with Gasteiger partial charge in [0, 0.05) is 12.8 Å². The lowest BCUT2D eigenvalue weighted by Crippen LogP contribution is -2.47. The molecule has 0 radical (unpaired) electrons. The maximum absolute atomic E-state index is 12.7. The number of nitrogens with one attached hydrogen (secondary N) is 2. The minimum absolute atomic E-state index is 0. The van der Waals surface area contributed by atoms with Gasteiger partial charge in [0.15, 0.2) is 0 Å². The Hall–Kier alpha value is -1.34. The van der Waals surface area contributed by atoms with Gasteiger partial charge in [-0.2, -0.15) is 0 Å². The van der Waals surface area contributed by atoms with Crippen LogP contribution >= 0.6 is 24.0 Å². The third-order valence-corrected chi connectivity index (χ3v) is 4.41. The largest absolute Gasteiger partial charge is 0.465 e. The maximum atomic E-state index is 12.7. The first-order chi connectivity index (χ1) is 11.0. The number of ether oxygens (including phenoxy) is 2. The zero-order valence-electron chi connectivity index (χ0n) is 13.7. The summed E-state index contributed by atoms with van der Waals surface area (Å²) in [6.45, 7) is 1.92. The number of halogens is 2. The van der Waals surface area contributed by atoms with Crippen LogP contribution < -0.4 is 10.6 Å². The molecule has 1 aliphatic rings. The Morgan fingerprint density at radius 2 is 1.96 bits per heavy atom. The summed E-state index contributed by atoms with van der Waals surface area (Å²) in [5, 5.41) is 6.36. The molecular weight excluding hydrogens is 355 g/mol. The minimum atomic E-state index is -0.548. The van der Waals surface area contributed by atoms with E-state index in [4.69, 9.17) is 16.3 Å². The molecule has 24 heavy (non-hydrogen) atoms. The summed E-state index contributed by atoms with van der Waals surface area (Å²) >= 11 is 6.08. The summed E-state index contributed by atoms with van der Waals surface area (Å²) in [6, 6.07) is 4.72. The SMILES string of the molecule is COCC1(C(=O)Nc2ccc(C(=O)OC)c(Cl)c2)CCNCC1.Cl. The third kappa shape index (κ3) is 4.60.